The SMILES string of the molecule is CC(=O)N[C@H](Cc1ccc(F)cc1)C(=O)N[C@H](Cc1ccc(C(=O)O)cc1)C(=O)O. The van der Waals surface area contributed by atoms with Gasteiger partial charge >= 0.3 is 11.9 Å². The maximum Gasteiger partial charge on any atom is 0.335 e. The van der Waals surface area contributed by atoms with Gasteiger partial charge in [0.25, 0.3) is 0 Å². The zero-order chi connectivity index (χ0) is 22.3. The Labute approximate surface area is 171 Å². The highest BCUT2D eigenvalue weighted by atomic mass is 19.1. The number of carbonyl (C=O) groups is 4. The summed E-state index contributed by atoms with van der Waals surface area (Å²) in [7, 11) is 0. The number of hydrogen-bond donors (Lipinski definition) is 4. The van der Waals surface area contributed by atoms with Crippen LogP contribution >= 0.6 is 0 Å². The molecule has 2 atom stereocenters. The molecule has 0 heterocycles. The summed E-state index contributed by atoms with van der Waals surface area (Å²) in [6, 6.07) is 8.65. The summed E-state index contributed by atoms with van der Waals surface area (Å²) in [6.07, 6.45) is -0.0321. The number of aromatic carboxylic acids is 1. The molecule has 2 aromatic carbocycles. The summed E-state index contributed by atoms with van der Waals surface area (Å²) in [5.74, 6) is -4.02. The zero-order valence-electron chi connectivity index (χ0n) is 16.1. The van der Waals surface area contributed by atoms with Crippen molar-refractivity contribution in [2.75, 3.05) is 0 Å². The van der Waals surface area contributed by atoms with Crippen LogP contribution in [0, 0.1) is 5.82 Å². The van der Waals surface area contributed by atoms with Gasteiger partial charge in [-0.3, -0.25) is 9.59 Å². The van der Waals surface area contributed by atoms with E-state index >= 15 is 0 Å². The minimum absolute atomic E-state index is 0.0470. The lowest BCUT2D eigenvalue weighted by molar-refractivity contribution is -0.142. The minimum Gasteiger partial charge on any atom is -0.480 e. The van der Waals surface area contributed by atoms with Crippen LogP contribution in [0.3, 0.4) is 0 Å². The number of halogens is 1. The lowest BCUT2D eigenvalue weighted by atomic mass is 10.0. The Hall–Kier alpha value is -3.75. The second-order valence-corrected chi connectivity index (χ2v) is 6.69. The van der Waals surface area contributed by atoms with Crippen molar-refractivity contribution in [2.24, 2.45) is 0 Å². The molecule has 0 bridgehead atoms. The highest BCUT2D eigenvalue weighted by molar-refractivity contribution is 5.90. The molecular weight excluding hydrogens is 395 g/mol. The smallest absolute Gasteiger partial charge is 0.335 e. The lowest BCUT2D eigenvalue weighted by Gasteiger charge is -2.21. The Morgan fingerprint density at radius 1 is 0.833 bits per heavy atom. The highest BCUT2D eigenvalue weighted by Gasteiger charge is 2.26. The molecular formula is C21H21FN2O6. The van der Waals surface area contributed by atoms with Gasteiger partial charge in [0.1, 0.15) is 17.9 Å². The quantitative estimate of drug-likeness (QED) is 0.488. The third-order valence-electron chi connectivity index (χ3n) is 4.30. The second-order valence-electron chi connectivity index (χ2n) is 6.69. The third-order valence-corrected chi connectivity index (χ3v) is 4.30. The largest absolute Gasteiger partial charge is 0.480 e. The summed E-state index contributed by atoms with van der Waals surface area (Å²) in [5.41, 5.74) is 1.16. The van der Waals surface area contributed by atoms with E-state index in [-0.39, 0.29) is 18.4 Å². The summed E-state index contributed by atoms with van der Waals surface area (Å²) in [6.45, 7) is 1.23. The fourth-order valence-electron chi connectivity index (χ4n) is 2.80. The summed E-state index contributed by atoms with van der Waals surface area (Å²) in [5, 5.41) is 23.3. The van der Waals surface area contributed by atoms with Crippen LogP contribution in [0.1, 0.15) is 28.4 Å². The molecule has 9 heteroatoms. The second kappa shape index (κ2) is 10.1. The van der Waals surface area contributed by atoms with Crippen LogP contribution in [0.5, 0.6) is 0 Å². The van der Waals surface area contributed by atoms with Gasteiger partial charge in [0.15, 0.2) is 0 Å². The molecule has 0 aromatic heterocycles. The first-order valence-electron chi connectivity index (χ1n) is 9.02. The van der Waals surface area contributed by atoms with Crippen LogP contribution in [-0.4, -0.2) is 46.0 Å². The van der Waals surface area contributed by atoms with Gasteiger partial charge in [-0.2, -0.15) is 0 Å². The number of carbonyl (C=O) groups excluding carboxylic acids is 2. The number of carboxylic acid groups (broad SMARTS) is 2. The van der Waals surface area contributed by atoms with Crippen LogP contribution in [0.15, 0.2) is 48.5 Å². The number of carboxylic acids is 2. The van der Waals surface area contributed by atoms with Gasteiger partial charge in [-0.05, 0) is 35.4 Å². The summed E-state index contributed by atoms with van der Waals surface area (Å²) < 4.78 is 13.1. The number of aliphatic carboxylic acids is 1. The van der Waals surface area contributed by atoms with E-state index in [1.165, 1.54) is 55.5 Å². The van der Waals surface area contributed by atoms with E-state index in [0.717, 1.165) is 0 Å². The molecule has 0 aliphatic carbocycles. The van der Waals surface area contributed by atoms with Crippen molar-refractivity contribution < 1.29 is 33.8 Å². The fraction of sp³-hybridized carbons (Fsp3) is 0.238. The van der Waals surface area contributed by atoms with Crippen LogP contribution in [0.4, 0.5) is 4.39 Å². The zero-order valence-corrected chi connectivity index (χ0v) is 16.1. The van der Waals surface area contributed by atoms with E-state index in [2.05, 4.69) is 10.6 Å². The average Bonchev–Trinajstić information content (AvgIpc) is 2.68. The highest BCUT2D eigenvalue weighted by Crippen LogP contribution is 2.10. The van der Waals surface area contributed by atoms with E-state index in [9.17, 15) is 28.7 Å². The monoisotopic (exact) mass is 416 g/mol. The van der Waals surface area contributed by atoms with Crippen molar-refractivity contribution in [3.05, 3.63) is 71.0 Å². The predicted octanol–water partition coefficient (Wildman–Crippen LogP) is 1.38. The van der Waals surface area contributed by atoms with E-state index in [1.807, 2.05) is 0 Å². The van der Waals surface area contributed by atoms with E-state index in [0.29, 0.717) is 11.1 Å². The van der Waals surface area contributed by atoms with Crippen molar-refractivity contribution in [1.82, 2.24) is 10.6 Å². The first kappa shape index (κ1) is 22.5. The summed E-state index contributed by atoms with van der Waals surface area (Å²) in [4.78, 5) is 46.7. The molecule has 0 radical (unpaired) electrons. The van der Waals surface area contributed by atoms with Gasteiger partial charge in [0.2, 0.25) is 11.8 Å². The molecule has 2 rings (SSSR count). The number of amides is 2. The topological polar surface area (TPSA) is 133 Å². The fourth-order valence-corrected chi connectivity index (χ4v) is 2.80. The molecule has 0 saturated heterocycles. The van der Waals surface area contributed by atoms with Crippen molar-refractivity contribution in [1.29, 1.82) is 0 Å². The van der Waals surface area contributed by atoms with Gasteiger partial charge in [-0.25, -0.2) is 14.0 Å². The van der Waals surface area contributed by atoms with Crippen molar-refractivity contribution in [2.45, 2.75) is 31.8 Å². The van der Waals surface area contributed by atoms with Gasteiger partial charge < -0.3 is 20.8 Å². The molecule has 2 aromatic rings. The predicted molar refractivity (Wildman–Crippen MR) is 104 cm³/mol. The molecule has 0 unspecified atom stereocenters. The molecule has 0 aliphatic heterocycles. The molecule has 30 heavy (non-hydrogen) atoms. The van der Waals surface area contributed by atoms with Crippen molar-refractivity contribution in [3.63, 3.8) is 0 Å². The molecule has 8 nitrogen and oxygen atoms in total. The van der Waals surface area contributed by atoms with Crippen LogP contribution in [0.2, 0.25) is 0 Å². The Kier molecular flexibility index (Phi) is 7.62. The Morgan fingerprint density at radius 2 is 1.33 bits per heavy atom. The Balaban J connectivity index is 2.12. The maximum atomic E-state index is 13.1. The van der Waals surface area contributed by atoms with Crippen LogP contribution in [0.25, 0.3) is 0 Å². The molecule has 0 spiro atoms. The first-order valence-corrected chi connectivity index (χ1v) is 9.02. The Morgan fingerprint density at radius 3 is 1.80 bits per heavy atom. The molecule has 4 N–H and O–H groups in total. The number of rotatable bonds is 9. The van der Waals surface area contributed by atoms with Gasteiger partial charge in [-0.1, -0.05) is 24.3 Å². The molecule has 0 fully saturated rings. The normalized spacial score (nSPS) is 12.5. The van der Waals surface area contributed by atoms with Gasteiger partial charge in [-0.15, -0.1) is 0 Å². The molecule has 0 aliphatic rings. The number of benzene rings is 2. The van der Waals surface area contributed by atoms with E-state index in [1.54, 1.807) is 0 Å². The van der Waals surface area contributed by atoms with E-state index in [4.69, 9.17) is 5.11 Å². The standard InChI is InChI=1S/C21H21FN2O6/c1-12(25)23-17(10-14-4-8-16(22)9-5-14)19(26)24-18(21(29)30)11-13-2-6-15(7-3-13)20(27)28/h2-9,17-18H,10-11H2,1H3,(H,23,25)(H,24,26)(H,27,28)(H,29,30)/t17-,18-/m1/s1. The Bertz CT molecular complexity index is 928. The lowest BCUT2D eigenvalue weighted by Crippen LogP contribution is -2.52. The molecule has 2 amide bonds. The average molecular weight is 416 g/mol. The number of hydrogen-bond acceptors (Lipinski definition) is 4. The third kappa shape index (κ3) is 6.69. The number of nitrogens with one attached hydrogen (secondary N) is 2. The van der Waals surface area contributed by atoms with Crippen LogP contribution < -0.4 is 10.6 Å². The maximum absolute atomic E-state index is 13.1. The van der Waals surface area contributed by atoms with Gasteiger partial charge in [0, 0.05) is 19.8 Å². The first-order chi connectivity index (χ1) is 14.2. The van der Waals surface area contributed by atoms with Crippen LogP contribution in [-0.2, 0) is 27.2 Å². The van der Waals surface area contributed by atoms with E-state index < -0.39 is 41.7 Å². The molecule has 0 saturated carbocycles. The molecule has 158 valence electrons. The van der Waals surface area contributed by atoms with Crippen molar-refractivity contribution >= 4 is 23.8 Å². The minimum atomic E-state index is -1.29. The summed E-state index contributed by atoms with van der Waals surface area (Å²) >= 11 is 0. The van der Waals surface area contributed by atoms with Gasteiger partial charge in [0.05, 0.1) is 5.56 Å². The van der Waals surface area contributed by atoms with Crippen molar-refractivity contribution in [3.8, 4) is 0 Å².